The van der Waals surface area contributed by atoms with E-state index in [0.717, 1.165) is 18.5 Å². The number of hydrogen-bond donors (Lipinski definition) is 0. The third-order valence-electron chi connectivity index (χ3n) is 4.95. The van der Waals surface area contributed by atoms with Gasteiger partial charge in [-0.05, 0) is 32.2 Å². The Labute approximate surface area is 122 Å². The van der Waals surface area contributed by atoms with Gasteiger partial charge in [0.2, 0.25) is 0 Å². The Kier molecular flexibility index (Phi) is 4.51. The van der Waals surface area contributed by atoms with E-state index in [0.29, 0.717) is 11.8 Å². The normalized spacial score (nSPS) is 25.5. The van der Waals surface area contributed by atoms with Crippen LogP contribution in [0.4, 0.5) is 0 Å². The summed E-state index contributed by atoms with van der Waals surface area (Å²) in [5, 5.41) is 0. The zero-order valence-electron chi connectivity index (χ0n) is 12.3. The minimum absolute atomic E-state index is 0.134. The van der Waals surface area contributed by atoms with E-state index in [2.05, 4.69) is 4.90 Å². The number of carbonyl (C=O) groups is 1. The smallest absolute Gasteiger partial charge is 0.179 e. The number of carbonyl (C=O) groups excluding carboxylic acids is 1. The lowest BCUT2D eigenvalue weighted by Gasteiger charge is -2.42. The Bertz CT molecular complexity index is 436. The second kappa shape index (κ2) is 6.53. The van der Waals surface area contributed by atoms with Gasteiger partial charge in [-0.3, -0.25) is 9.69 Å². The monoisotopic (exact) mass is 271 g/mol. The van der Waals surface area contributed by atoms with E-state index in [1.54, 1.807) is 0 Å². The van der Waals surface area contributed by atoms with Crippen LogP contribution in [0.5, 0.6) is 0 Å². The SMILES string of the molecule is O=C(c1ccccc1)C1CCCCN1C1CCCCC1. The van der Waals surface area contributed by atoms with E-state index in [9.17, 15) is 4.79 Å². The first-order valence-corrected chi connectivity index (χ1v) is 8.21. The van der Waals surface area contributed by atoms with Crippen molar-refractivity contribution in [3.63, 3.8) is 0 Å². The van der Waals surface area contributed by atoms with Crippen molar-refractivity contribution in [2.24, 2.45) is 0 Å². The fraction of sp³-hybridized carbons (Fsp3) is 0.611. The molecule has 1 heterocycles. The summed E-state index contributed by atoms with van der Waals surface area (Å²) < 4.78 is 0. The summed E-state index contributed by atoms with van der Waals surface area (Å²) in [6.45, 7) is 1.12. The highest BCUT2D eigenvalue weighted by molar-refractivity contribution is 6.00. The zero-order valence-corrected chi connectivity index (χ0v) is 12.3. The number of ketones is 1. The fourth-order valence-corrected chi connectivity index (χ4v) is 3.88. The van der Waals surface area contributed by atoms with Crippen LogP contribution in [0.2, 0.25) is 0 Å². The van der Waals surface area contributed by atoms with Gasteiger partial charge in [0.15, 0.2) is 5.78 Å². The molecule has 1 aromatic rings. The lowest BCUT2D eigenvalue weighted by atomic mass is 9.88. The number of likely N-dealkylation sites (tertiary alicyclic amines) is 1. The molecule has 1 unspecified atom stereocenters. The van der Waals surface area contributed by atoms with E-state index in [1.807, 2.05) is 30.3 Å². The van der Waals surface area contributed by atoms with Crippen LogP contribution in [-0.4, -0.2) is 29.3 Å². The maximum atomic E-state index is 12.8. The lowest BCUT2D eigenvalue weighted by Crippen LogP contribution is -2.50. The summed E-state index contributed by atoms with van der Waals surface area (Å²) >= 11 is 0. The van der Waals surface area contributed by atoms with Crippen LogP contribution in [0.25, 0.3) is 0 Å². The van der Waals surface area contributed by atoms with Crippen LogP contribution >= 0.6 is 0 Å². The van der Waals surface area contributed by atoms with Gasteiger partial charge < -0.3 is 0 Å². The molecular formula is C18H25NO. The van der Waals surface area contributed by atoms with Gasteiger partial charge in [0.1, 0.15) is 0 Å². The van der Waals surface area contributed by atoms with Gasteiger partial charge in [-0.2, -0.15) is 0 Å². The summed E-state index contributed by atoms with van der Waals surface area (Å²) in [6, 6.07) is 10.7. The third-order valence-corrected chi connectivity index (χ3v) is 4.95. The number of rotatable bonds is 3. The average Bonchev–Trinajstić information content (AvgIpc) is 2.56. The highest BCUT2D eigenvalue weighted by atomic mass is 16.1. The molecule has 2 fully saturated rings. The molecule has 1 saturated heterocycles. The average molecular weight is 271 g/mol. The quantitative estimate of drug-likeness (QED) is 0.773. The first kappa shape index (κ1) is 13.8. The first-order chi connectivity index (χ1) is 9.86. The summed E-state index contributed by atoms with van der Waals surface area (Å²) in [6.07, 6.45) is 10.1. The van der Waals surface area contributed by atoms with E-state index in [1.165, 1.54) is 44.9 Å². The molecule has 2 aliphatic rings. The molecule has 1 atom stereocenters. The number of benzene rings is 1. The van der Waals surface area contributed by atoms with Crippen molar-refractivity contribution in [3.05, 3.63) is 35.9 Å². The summed E-state index contributed by atoms with van der Waals surface area (Å²) in [4.78, 5) is 15.4. The molecule has 0 bridgehead atoms. The molecule has 0 N–H and O–H groups in total. The molecule has 2 heteroatoms. The van der Waals surface area contributed by atoms with Crippen molar-refractivity contribution in [2.45, 2.75) is 63.5 Å². The Morgan fingerprint density at radius 1 is 0.900 bits per heavy atom. The van der Waals surface area contributed by atoms with Gasteiger partial charge >= 0.3 is 0 Å². The fourth-order valence-electron chi connectivity index (χ4n) is 3.88. The van der Waals surface area contributed by atoms with Crippen molar-refractivity contribution < 1.29 is 4.79 Å². The zero-order chi connectivity index (χ0) is 13.8. The number of piperidine rings is 1. The largest absolute Gasteiger partial charge is 0.292 e. The van der Waals surface area contributed by atoms with Crippen LogP contribution in [0.1, 0.15) is 61.7 Å². The molecule has 1 aromatic carbocycles. The van der Waals surface area contributed by atoms with Gasteiger partial charge in [-0.25, -0.2) is 0 Å². The summed E-state index contributed by atoms with van der Waals surface area (Å²) in [5.41, 5.74) is 0.889. The van der Waals surface area contributed by atoms with Gasteiger partial charge in [0, 0.05) is 11.6 Å². The molecule has 0 radical (unpaired) electrons. The van der Waals surface area contributed by atoms with Crippen molar-refractivity contribution >= 4 is 5.78 Å². The van der Waals surface area contributed by atoms with Crippen LogP contribution in [0.15, 0.2) is 30.3 Å². The number of Topliss-reactive ketones (excluding diaryl/α,β-unsaturated/α-hetero) is 1. The number of nitrogens with zero attached hydrogens (tertiary/aromatic N) is 1. The maximum Gasteiger partial charge on any atom is 0.179 e. The minimum Gasteiger partial charge on any atom is -0.292 e. The lowest BCUT2D eigenvalue weighted by molar-refractivity contribution is 0.0533. The molecule has 2 nitrogen and oxygen atoms in total. The first-order valence-electron chi connectivity index (χ1n) is 8.21. The maximum absolute atomic E-state index is 12.8. The molecule has 20 heavy (non-hydrogen) atoms. The Hall–Kier alpha value is -1.15. The molecule has 1 saturated carbocycles. The Balaban J connectivity index is 1.76. The van der Waals surface area contributed by atoms with Gasteiger partial charge in [0.25, 0.3) is 0 Å². The van der Waals surface area contributed by atoms with Crippen molar-refractivity contribution in [3.8, 4) is 0 Å². The van der Waals surface area contributed by atoms with Crippen LogP contribution in [-0.2, 0) is 0 Å². The van der Waals surface area contributed by atoms with Gasteiger partial charge in [-0.15, -0.1) is 0 Å². The predicted octanol–water partition coefficient (Wildman–Crippen LogP) is 4.06. The van der Waals surface area contributed by atoms with Crippen molar-refractivity contribution in [1.29, 1.82) is 0 Å². The second-order valence-electron chi connectivity index (χ2n) is 6.27. The summed E-state index contributed by atoms with van der Waals surface area (Å²) in [7, 11) is 0. The topological polar surface area (TPSA) is 20.3 Å². The molecule has 1 aliphatic heterocycles. The van der Waals surface area contributed by atoms with Crippen LogP contribution < -0.4 is 0 Å². The number of hydrogen-bond acceptors (Lipinski definition) is 2. The Morgan fingerprint density at radius 2 is 1.60 bits per heavy atom. The van der Waals surface area contributed by atoms with E-state index in [4.69, 9.17) is 0 Å². The van der Waals surface area contributed by atoms with E-state index >= 15 is 0 Å². The Morgan fingerprint density at radius 3 is 2.35 bits per heavy atom. The minimum atomic E-state index is 0.134. The van der Waals surface area contributed by atoms with Crippen LogP contribution in [0, 0.1) is 0 Å². The van der Waals surface area contributed by atoms with Gasteiger partial charge in [-0.1, -0.05) is 56.0 Å². The third kappa shape index (κ3) is 2.95. The standard InChI is InChI=1S/C18H25NO/c20-18(15-9-3-1-4-10-15)17-13-7-8-14-19(17)16-11-5-2-6-12-16/h1,3-4,9-10,16-17H,2,5-8,11-14H2. The summed E-state index contributed by atoms with van der Waals surface area (Å²) in [5.74, 6) is 0.343. The molecule has 0 aromatic heterocycles. The molecular weight excluding hydrogens is 246 g/mol. The molecule has 3 rings (SSSR count). The highest BCUT2D eigenvalue weighted by Gasteiger charge is 2.34. The predicted molar refractivity (Wildman–Crippen MR) is 82.0 cm³/mol. The van der Waals surface area contributed by atoms with Crippen molar-refractivity contribution in [2.75, 3.05) is 6.54 Å². The van der Waals surface area contributed by atoms with Gasteiger partial charge in [0.05, 0.1) is 6.04 Å². The molecule has 0 spiro atoms. The highest BCUT2D eigenvalue weighted by Crippen LogP contribution is 2.29. The van der Waals surface area contributed by atoms with Crippen LogP contribution in [0.3, 0.4) is 0 Å². The second-order valence-corrected chi connectivity index (χ2v) is 6.27. The molecule has 1 aliphatic carbocycles. The van der Waals surface area contributed by atoms with E-state index < -0.39 is 0 Å². The van der Waals surface area contributed by atoms with Crippen molar-refractivity contribution in [1.82, 2.24) is 4.90 Å². The molecule has 108 valence electrons. The molecule has 0 amide bonds. The van der Waals surface area contributed by atoms with E-state index in [-0.39, 0.29) is 6.04 Å².